The van der Waals surface area contributed by atoms with Crippen LogP contribution < -0.4 is 5.32 Å². The molecule has 0 fully saturated rings. The SMILES string of the molecule is C#CCCCCNC(=O)N(CC)C(C)(C)C(=O)O. The van der Waals surface area contributed by atoms with Crippen molar-refractivity contribution in [2.24, 2.45) is 0 Å². The number of hydrogen-bond donors (Lipinski definition) is 2. The number of rotatable bonds is 7. The molecule has 5 heteroatoms. The van der Waals surface area contributed by atoms with E-state index in [0.29, 0.717) is 19.5 Å². The zero-order valence-corrected chi connectivity index (χ0v) is 11.3. The molecule has 0 unspecified atom stereocenters. The van der Waals surface area contributed by atoms with E-state index in [-0.39, 0.29) is 6.03 Å². The summed E-state index contributed by atoms with van der Waals surface area (Å²) in [6.45, 7) is 5.62. The molecule has 5 nitrogen and oxygen atoms in total. The number of aliphatic carboxylic acids is 1. The van der Waals surface area contributed by atoms with Gasteiger partial charge in [0.05, 0.1) is 0 Å². The molecule has 0 spiro atoms. The standard InChI is InChI=1S/C13H22N2O3/c1-5-7-8-9-10-14-12(18)15(6-2)13(3,4)11(16)17/h1H,6-10H2,2-4H3,(H,14,18)(H,16,17). The highest BCUT2D eigenvalue weighted by Crippen LogP contribution is 2.14. The van der Waals surface area contributed by atoms with Gasteiger partial charge >= 0.3 is 12.0 Å². The first-order valence-electron chi connectivity index (χ1n) is 6.10. The van der Waals surface area contributed by atoms with Crippen LogP contribution in [0.25, 0.3) is 0 Å². The van der Waals surface area contributed by atoms with E-state index >= 15 is 0 Å². The second-order valence-corrected chi connectivity index (χ2v) is 4.50. The second kappa shape index (κ2) is 7.59. The number of hydrogen-bond acceptors (Lipinski definition) is 2. The van der Waals surface area contributed by atoms with Gasteiger partial charge in [-0.25, -0.2) is 9.59 Å². The van der Waals surface area contributed by atoms with Gasteiger partial charge in [0.25, 0.3) is 0 Å². The van der Waals surface area contributed by atoms with E-state index < -0.39 is 11.5 Å². The highest BCUT2D eigenvalue weighted by atomic mass is 16.4. The van der Waals surface area contributed by atoms with Crippen molar-refractivity contribution in [2.75, 3.05) is 13.1 Å². The van der Waals surface area contributed by atoms with Gasteiger partial charge in [0.2, 0.25) is 0 Å². The molecule has 0 aromatic carbocycles. The minimum absolute atomic E-state index is 0.343. The van der Waals surface area contributed by atoms with Crippen LogP contribution in [-0.2, 0) is 4.79 Å². The van der Waals surface area contributed by atoms with Gasteiger partial charge < -0.3 is 15.3 Å². The van der Waals surface area contributed by atoms with Gasteiger partial charge in [0.15, 0.2) is 0 Å². The van der Waals surface area contributed by atoms with Gasteiger partial charge in [0, 0.05) is 19.5 Å². The molecule has 0 aliphatic rings. The van der Waals surface area contributed by atoms with Crippen LogP contribution in [0.15, 0.2) is 0 Å². The topological polar surface area (TPSA) is 69.6 Å². The third kappa shape index (κ3) is 4.66. The number of carboxylic acids is 1. The molecule has 0 heterocycles. The van der Waals surface area contributed by atoms with E-state index in [9.17, 15) is 9.59 Å². The molecule has 0 saturated heterocycles. The van der Waals surface area contributed by atoms with E-state index in [1.54, 1.807) is 6.92 Å². The van der Waals surface area contributed by atoms with Crippen LogP contribution in [0, 0.1) is 12.3 Å². The molecule has 0 aromatic rings. The Labute approximate surface area is 109 Å². The lowest BCUT2D eigenvalue weighted by Gasteiger charge is -2.34. The lowest BCUT2D eigenvalue weighted by atomic mass is 10.0. The number of unbranched alkanes of at least 4 members (excludes halogenated alkanes) is 2. The number of nitrogens with zero attached hydrogens (tertiary/aromatic N) is 1. The van der Waals surface area contributed by atoms with Crippen LogP contribution in [0.4, 0.5) is 4.79 Å². The van der Waals surface area contributed by atoms with Gasteiger partial charge in [-0.05, 0) is 33.6 Å². The van der Waals surface area contributed by atoms with Crippen molar-refractivity contribution in [3.05, 3.63) is 0 Å². The number of amides is 2. The number of nitrogens with one attached hydrogen (secondary N) is 1. The predicted octanol–water partition coefficient (Wildman–Crippen LogP) is 1.68. The molecule has 0 aliphatic carbocycles. The van der Waals surface area contributed by atoms with Crippen molar-refractivity contribution in [2.45, 2.75) is 45.6 Å². The summed E-state index contributed by atoms with van der Waals surface area (Å²) in [4.78, 5) is 24.3. The van der Waals surface area contributed by atoms with Gasteiger partial charge in [-0.3, -0.25) is 0 Å². The second-order valence-electron chi connectivity index (χ2n) is 4.50. The van der Waals surface area contributed by atoms with Crippen LogP contribution >= 0.6 is 0 Å². The fourth-order valence-electron chi connectivity index (χ4n) is 1.55. The van der Waals surface area contributed by atoms with E-state index in [4.69, 9.17) is 11.5 Å². The van der Waals surface area contributed by atoms with Gasteiger partial charge in [-0.15, -0.1) is 12.3 Å². The Balaban J connectivity index is 4.29. The third-order valence-electron chi connectivity index (χ3n) is 2.78. The smallest absolute Gasteiger partial charge is 0.329 e. The quantitative estimate of drug-likeness (QED) is 0.536. The van der Waals surface area contributed by atoms with Crippen molar-refractivity contribution in [1.29, 1.82) is 0 Å². The highest BCUT2D eigenvalue weighted by molar-refractivity contribution is 5.85. The van der Waals surface area contributed by atoms with Crippen molar-refractivity contribution in [1.82, 2.24) is 10.2 Å². The summed E-state index contributed by atoms with van der Waals surface area (Å²) in [5.41, 5.74) is -1.21. The van der Waals surface area contributed by atoms with E-state index in [0.717, 1.165) is 12.8 Å². The fourth-order valence-corrected chi connectivity index (χ4v) is 1.55. The maximum Gasteiger partial charge on any atom is 0.329 e. The molecule has 102 valence electrons. The Kier molecular flexibility index (Phi) is 6.88. The summed E-state index contributed by atoms with van der Waals surface area (Å²) >= 11 is 0. The molecule has 0 rings (SSSR count). The molecule has 0 radical (unpaired) electrons. The summed E-state index contributed by atoms with van der Waals surface area (Å²) in [5, 5.41) is 11.8. The maximum atomic E-state index is 11.9. The molecule has 18 heavy (non-hydrogen) atoms. The van der Waals surface area contributed by atoms with Crippen LogP contribution in [0.2, 0.25) is 0 Å². The average molecular weight is 254 g/mol. The molecule has 0 saturated carbocycles. The fraction of sp³-hybridized carbons (Fsp3) is 0.692. The molecular weight excluding hydrogens is 232 g/mol. The molecule has 0 bridgehead atoms. The number of carbonyl (C=O) groups is 2. The van der Waals surface area contributed by atoms with E-state index in [1.165, 1.54) is 18.7 Å². The summed E-state index contributed by atoms with van der Waals surface area (Å²) in [6.07, 6.45) is 7.45. The normalized spacial score (nSPS) is 10.6. The highest BCUT2D eigenvalue weighted by Gasteiger charge is 2.36. The Morgan fingerprint density at radius 3 is 2.44 bits per heavy atom. The van der Waals surface area contributed by atoms with Crippen molar-refractivity contribution >= 4 is 12.0 Å². The van der Waals surface area contributed by atoms with Crippen LogP contribution in [0.5, 0.6) is 0 Å². The molecular formula is C13H22N2O3. The number of likely N-dealkylation sites (N-methyl/N-ethyl adjacent to an activating group) is 1. The largest absolute Gasteiger partial charge is 0.480 e. The minimum Gasteiger partial charge on any atom is -0.480 e. The van der Waals surface area contributed by atoms with Crippen LogP contribution in [0.1, 0.15) is 40.0 Å². The molecule has 2 N–H and O–H groups in total. The summed E-state index contributed by atoms with van der Waals surface area (Å²) in [5.74, 6) is 1.51. The van der Waals surface area contributed by atoms with Gasteiger partial charge in [0.1, 0.15) is 5.54 Å². The molecule has 0 atom stereocenters. The summed E-state index contributed by atoms with van der Waals surface area (Å²) < 4.78 is 0. The zero-order chi connectivity index (χ0) is 14.2. The first-order chi connectivity index (χ1) is 8.37. The van der Waals surface area contributed by atoms with Crippen molar-refractivity contribution in [3.8, 4) is 12.3 Å². The molecule has 0 aromatic heterocycles. The Morgan fingerprint density at radius 2 is 2.00 bits per heavy atom. The van der Waals surface area contributed by atoms with Gasteiger partial charge in [-0.2, -0.15) is 0 Å². The summed E-state index contributed by atoms with van der Waals surface area (Å²) in [7, 11) is 0. The van der Waals surface area contributed by atoms with Crippen molar-refractivity contribution < 1.29 is 14.7 Å². The van der Waals surface area contributed by atoms with Crippen LogP contribution in [0.3, 0.4) is 0 Å². The Morgan fingerprint density at radius 1 is 1.39 bits per heavy atom. The first kappa shape index (κ1) is 16.3. The van der Waals surface area contributed by atoms with Crippen molar-refractivity contribution in [3.63, 3.8) is 0 Å². The first-order valence-corrected chi connectivity index (χ1v) is 6.10. The summed E-state index contributed by atoms with van der Waals surface area (Å²) in [6, 6.07) is -0.356. The Hall–Kier alpha value is -1.70. The monoisotopic (exact) mass is 254 g/mol. The molecule has 2 amide bonds. The molecule has 0 aliphatic heterocycles. The zero-order valence-electron chi connectivity index (χ0n) is 11.3. The Bertz CT molecular complexity index is 332. The maximum absolute atomic E-state index is 11.9. The average Bonchev–Trinajstić information content (AvgIpc) is 2.29. The number of carbonyl (C=O) groups excluding carboxylic acids is 1. The lowest BCUT2D eigenvalue weighted by Crippen LogP contribution is -2.56. The third-order valence-corrected chi connectivity index (χ3v) is 2.78. The predicted molar refractivity (Wildman–Crippen MR) is 70.2 cm³/mol. The van der Waals surface area contributed by atoms with E-state index in [1.807, 2.05) is 0 Å². The number of carboxylic acid groups (broad SMARTS) is 1. The number of urea groups is 1. The lowest BCUT2D eigenvalue weighted by molar-refractivity contribution is -0.147. The van der Waals surface area contributed by atoms with Crippen LogP contribution in [-0.4, -0.2) is 40.6 Å². The van der Waals surface area contributed by atoms with Gasteiger partial charge in [-0.1, -0.05) is 0 Å². The minimum atomic E-state index is -1.21. The number of terminal acetylenes is 1. The van der Waals surface area contributed by atoms with E-state index in [2.05, 4.69) is 11.2 Å².